The van der Waals surface area contributed by atoms with Crippen molar-refractivity contribution in [3.63, 3.8) is 0 Å². The van der Waals surface area contributed by atoms with E-state index in [1.807, 2.05) is 27.9 Å². The van der Waals surface area contributed by atoms with Crippen LogP contribution in [0, 0.1) is 0 Å². The Morgan fingerprint density at radius 2 is 1.88 bits per heavy atom. The van der Waals surface area contributed by atoms with Gasteiger partial charge in [-0.3, -0.25) is 9.69 Å². The second-order valence-corrected chi connectivity index (χ2v) is 5.80. The third kappa shape index (κ3) is 1.54. The Labute approximate surface area is 97.1 Å². The third-order valence-electron chi connectivity index (χ3n) is 4.38. The zero-order chi connectivity index (χ0) is 12.1. The first kappa shape index (κ1) is 11.8. The molecule has 1 fully saturated rings. The Hall–Kier alpha value is -0.670. The lowest BCUT2D eigenvalue weighted by atomic mass is 9.71. The molecule has 2 aliphatic rings. The highest BCUT2D eigenvalue weighted by Crippen LogP contribution is 2.49. The van der Waals surface area contributed by atoms with Crippen LogP contribution in [-0.2, 0) is 4.79 Å². The Morgan fingerprint density at radius 3 is 2.44 bits per heavy atom. The van der Waals surface area contributed by atoms with Crippen LogP contribution in [0.25, 0.3) is 0 Å². The van der Waals surface area contributed by atoms with Gasteiger partial charge in [0, 0.05) is 12.0 Å². The number of aliphatic hydroxyl groups is 1. The van der Waals surface area contributed by atoms with Gasteiger partial charge in [0.25, 0.3) is 0 Å². The van der Waals surface area contributed by atoms with Gasteiger partial charge in [0.05, 0.1) is 5.60 Å². The van der Waals surface area contributed by atoms with Gasteiger partial charge in [0.15, 0.2) is 5.78 Å². The van der Waals surface area contributed by atoms with Gasteiger partial charge < -0.3 is 5.11 Å². The average molecular weight is 223 g/mol. The summed E-state index contributed by atoms with van der Waals surface area (Å²) in [5.41, 5.74) is 1.30. The number of hydrogen-bond donors (Lipinski definition) is 1. The summed E-state index contributed by atoms with van der Waals surface area (Å²) in [7, 11) is 4.07. The number of allylic oxidation sites excluding steroid dienone is 1. The summed E-state index contributed by atoms with van der Waals surface area (Å²) in [4.78, 5) is 14.1. The number of hydrogen-bond acceptors (Lipinski definition) is 3. The fourth-order valence-corrected chi connectivity index (χ4v) is 3.16. The highest BCUT2D eigenvalue weighted by Gasteiger charge is 2.50. The summed E-state index contributed by atoms with van der Waals surface area (Å²) in [6.45, 7) is 3.78. The van der Waals surface area contributed by atoms with Gasteiger partial charge in [0.1, 0.15) is 0 Å². The molecule has 0 unspecified atom stereocenters. The van der Waals surface area contributed by atoms with Crippen LogP contribution >= 0.6 is 0 Å². The third-order valence-corrected chi connectivity index (χ3v) is 4.38. The fraction of sp³-hybridized carbons (Fsp3) is 0.769. The zero-order valence-corrected chi connectivity index (χ0v) is 10.6. The molecule has 2 aliphatic carbocycles. The second-order valence-electron chi connectivity index (χ2n) is 5.80. The number of carbonyl (C=O) groups excluding carboxylic acids is 1. The molecule has 0 heterocycles. The molecule has 0 saturated heterocycles. The number of carbonyl (C=O) groups is 1. The molecule has 1 saturated carbocycles. The molecule has 0 radical (unpaired) electrons. The molecule has 1 N–H and O–H groups in total. The van der Waals surface area contributed by atoms with Gasteiger partial charge >= 0.3 is 0 Å². The van der Waals surface area contributed by atoms with E-state index in [0.29, 0.717) is 12.8 Å². The predicted octanol–water partition coefficient (Wildman–Crippen LogP) is 1.51. The number of fused-ring (bicyclic) bond motifs is 1. The summed E-state index contributed by atoms with van der Waals surface area (Å²) in [6.07, 6.45) is 2.89. The van der Waals surface area contributed by atoms with Crippen molar-refractivity contribution in [3.8, 4) is 0 Å². The molecule has 3 nitrogen and oxygen atoms in total. The Bertz CT molecular complexity index is 368. The minimum Gasteiger partial charge on any atom is -0.390 e. The van der Waals surface area contributed by atoms with E-state index in [2.05, 4.69) is 4.90 Å². The molecule has 0 bridgehead atoms. The standard InChI is InChI=1S/C13H21NO2/c1-9-10-7-12(2,16)5-6-13(10,14(3)4)8-11(9)15/h16H,5-8H2,1-4H3/t12-,13+/m1/s1. The van der Waals surface area contributed by atoms with Gasteiger partial charge in [-0.1, -0.05) is 0 Å². The molecule has 0 aromatic rings. The van der Waals surface area contributed by atoms with E-state index < -0.39 is 5.60 Å². The van der Waals surface area contributed by atoms with Crippen LogP contribution in [0.2, 0.25) is 0 Å². The maximum Gasteiger partial charge on any atom is 0.160 e. The Kier molecular flexibility index (Phi) is 2.52. The van der Waals surface area contributed by atoms with Crippen LogP contribution < -0.4 is 0 Å². The van der Waals surface area contributed by atoms with Crippen LogP contribution in [0.15, 0.2) is 11.1 Å². The van der Waals surface area contributed by atoms with Crippen molar-refractivity contribution in [1.82, 2.24) is 4.90 Å². The summed E-state index contributed by atoms with van der Waals surface area (Å²) in [5, 5.41) is 10.2. The monoisotopic (exact) mass is 223 g/mol. The van der Waals surface area contributed by atoms with E-state index in [1.165, 1.54) is 5.57 Å². The van der Waals surface area contributed by atoms with E-state index in [1.54, 1.807) is 0 Å². The van der Waals surface area contributed by atoms with E-state index in [0.717, 1.165) is 18.4 Å². The SMILES string of the molecule is CC1=C2C[C@](C)(O)CC[C@]2(N(C)C)CC1=O. The molecule has 16 heavy (non-hydrogen) atoms. The normalized spacial score (nSPS) is 39.5. The van der Waals surface area contributed by atoms with Gasteiger partial charge in [0.2, 0.25) is 0 Å². The van der Waals surface area contributed by atoms with E-state index in [-0.39, 0.29) is 11.3 Å². The number of nitrogens with zero attached hydrogens (tertiary/aromatic N) is 1. The summed E-state index contributed by atoms with van der Waals surface area (Å²) in [6, 6.07) is 0. The maximum absolute atomic E-state index is 11.9. The molecule has 0 spiro atoms. The largest absolute Gasteiger partial charge is 0.390 e. The van der Waals surface area contributed by atoms with E-state index in [9.17, 15) is 9.90 Å². The molecule has 2 rings (SSSR count). The predicted molar refractivity (Wildman–Crippen MR) is 63.2 cm³/mol. The number of Topliss-reactive ketones (excluding diaryl/α,β-unsaturated/α-hetero) is 1. The van der Waals surface area contributed by atoms with Crippen molar-refractivity contribution < 1.29 is 9.90 Å². The van der Waals surface area contributed by atoms with Crippen molar-refractivity contribution in [2.24, 2.45) is 0 Å². The first-order valence-corrected chi connectivity index (χ1v) is 5.92. The molecular formula is C13H21NO2. The highest BCUT2D eigenvalue weighted by molar-refractivity contribution is 6.00. The molecule has 0 aliphatic heterocycles. The molecule has 0 aromatic heterocycles. The highest BCUT2D eigenvalue weighted by atomic mass is 16.3. The smallest absolute Gasteiger partial charge is 0.160 e. The van der Waals surface area contributed by atoms with E-state index >= 15 is 0 Å². The minimum atomic E-state index is -0.638. The van der Waals surface area contributed by atoms with Crippen molar-refractivity contribution >= 4 is 5.78 Å². The van der Waals surface area contributed by atoms with Crippen LogP contribution in [0.4, 0.5) is 0 Å². The quantitative estimate of drug-likeness (QED) is 0.732. The number of ketones is 1. The van der Waals surface area contributed by atoms with Crippen molar-refractivity contribution in [2.45, 2.75) is 50.7 Å². The lowest BCUT2D eigenvalue weighted by Gasteiger charge is -2.46. The Balaban J connectivity index is 2.45. The van der Waals surface area contributed by atoms with Crippen molar-refractivity contribution in [2.75, 3.05) is 14.1 Å². The molecule has 0 aromatic carbocycles. The topological polar surface area (TPSA) is 40.5 Å². The van der Waals surface area contributed by atoms with Crippen LogP contribution in [0.3, 0.4) is 0 Å². The van der Waals surface area contributed by atoms with E-state index in [4.69, 9.17) is 0 Å². The Morgan fingerprint density at radius 1 is 1.25 bits per heavy atom. The summed E-state index contributed by atoms with van der Waals surface area (Å²) in [5.74, 6) is 0.251. The number of rotatable bonds is 1. The maximum atomic E-state index is 11.9. The second kappa shape index (κ2) is 3.41. The minimum absolute atomic E-state index is 0.108. The van der Waals surface area contributed by atoms with Gasteiger partial charge in [-0.05, 0) is 58.4 Å². The fourth-order valence-electron chi connectivity index (χ4n) is 3.16. The molecule has 2 atom stereocenters. The van der Waals surface area contributed by atoms with Gasteiger partial charge in [-0.15, -0.1) is 0 Å². The lowest BCUT2D eigenvalue weighted by molar-refractivity contribution is -0.116. The average Bonchev–Trinajstić information content (AvgIpc) is 2.41. The summed E-state index contributed by atoms with van der Waals surface area (Å²) < 4.78 is 0. The lowest BCUT2D eigenvalue weighted by Crippen LogP contribution is -2.50. The van der Waals surface area contributed by atoms with Crippen LogP contribution in [0.1, 0.15) is 39.5 Å². The summed E-state index contributed by atoms with van der Waals surface area (Å²) >= 11 is 0. The van der Waals surface area contributed by atoms with Gasteiger partial charge in [-0.25, -0.2) is 0 Å². The van der Waals surface area contributed by atoms with Crippen LogP contribution in [0.5, 0.6) is 0 Å². The number of likely N-dealkylation sites (N-methyl/N-ethyl adjacent to an activating group) is 1. The molecule has 90 valence electrons. The van der Waals surface area contributed by atoms with Gasteiger partial charge in [-0.2, -0.15) is 0 Å². The van der Waals surface area contributed by atoms with Crippen LogP contribution in [-0.4, -0.2) is 41.0 Å². The molecular weight excluding hydrogens is 202 g/mol. The van der Waals surface area contributed by atoms with Crippen molar-refractivity contribution in [1.29, 1.82) is 0 Å². The van der Waals surface area contributed by atoms with Crippen molar-refractivity contribution in [3.05, 3.63) is 11.1 Å². The zero-order valence-electron chi connectivity index (χ0n) is 10.6. The first-order chi connectivity index (χ1) is 7.28. The first-order valence-electron chi connectivity index (χ1n) is 5.92. The molecule has 3 heteroatoms. The molecule has 0 amide bonds.